The smallest absolute Gasteiger partial charge is 0.309 e. The Morgan fingerprint density at radius 3 is 2.65 bits per heavy atom. The fourth-order valence-corrected chi connectivity index (χ4v) is 3.76. The second kappa shape index (κ2) is 8.04. The fraction of sp³-hybridized carbons (Fsp3) is 0.350. The van der Waals surface area contributed by atoms with Crippen LogP contribution >= 0.6 is 11.6 Å². The van der Waals surface area contributed by atoms with Crippen molar-refractivity contribution in [2.45, 2.75) is 19.0 Å². The van der Waals surface area contributed by atoms with Crippen LogP contribution in [0.25, 0.3) is 11.1 Å². The van der Waals surface area contributed by atoms with Crippen LogP contribution in [0.2, 0.25) is 5.02 Å². The lowest BCUT2D eigenvalue weighted by Gasteiger charge is -2.19. The van der Waals surface area contributed by atoms with Gasteiger partial charge >= 0.3 is 5.97 Å². The number of nitrogens with one attached hydrogen (secondary N) is 1. The maximum atomic E-state index is 14.9. The minimum atomic E-state index is -1.04. The highest BCUT2D eigenvalue weighted by Crippen LogP contribution is 2.36. The minimum Gasteiger partial charge on any atom is -0.469 e. The van der Waals surface area contributed by atoms with Crippen molar-refractivity contribution in [3.63, 3.8) is 0 Å². The first kappa shape index (κ1) is 18.6. The summed E-state index contributed by atoms with van der Waals surface area (Å²) in [5, 5.41) is 3.48. The summed E-state index contributed by atoms with van der Waals surface area (Å²) in [6, 6.07) is 12.0. The predicted molar refractivity (Wildman–Crippen MR) is 98.5 cm³/mol. The highest BCUT2D eigenvalue weighted by atomic mass is 35.5. The van der Waals surface area contributed by atoms with Gasteiger partial charge in [0.15, 0.2) is 5.82 Å². The summed E-state index contributed by atoms with van der Waals surface area (Å²) in [5.74, 6) is -1.58. The molecule has 1 aliphatic carbocycles. The predicted octanol–water partition coefficient (Wildman–Crippen LogP) is 5.10. The Labute approximate surface area is 156 Å². The number of carbonyl (C=O) groups excluding carboxylic acids is 1. The van der Waals surface area contributed by atoms with Gasteiger partial charge in [0.1, 0.15) is 6.17 Å². The zero-order valence-electron chi connectivity index (χ0n) is 14.3. The summed E-state index contributed by atoms with van der Waals surface area (Å²) in [4.78, 5) is 11.8. The molecule has 1 N–H and O–H groups in total. The SMILES string of the molecule is COC(=O)[C@@H]1C[C@H](F)CC1CNc1cccc(-c2ccccc2Cl)c1F. The van der Waals surface area contributed by atoms with Crippen molar-refractivity contribution in [1.82, 2.24) is 0 Å². The van der Waals surface area contributed by atoms with Gasteiger partial charge in [0, 0.05) is 22.7 Å². The summed E-state index contributed by atoms with van der Waals surface area (Å²) >= 11 is 6.17. The fourth-order valence-electron chi connectivity index (χ4n) is 3.52. The molecule has 0 bridgehead atoms. The van der Waals surface area contributed by atoms with Crippen molar-refractivity contribution in [3.8, 4) is 11.1 Å². The van der Waals surface area contributed by atoms with Gasteiger partial charge in [0.05, 0.1) is 18.7 Å². The molecule has 0 amide bonds. The Bertz CT molecular complexity index is 799. The molecule has 1 aliphatic rings. The van der Waals surface area contributed by atoms with Crippen LogP contribution in [-0.2, 0) is 9.53 Å². The number of benzene rings is 2. The van der Waals surface area contributed by atoms with E-state index < -0.39 is 23.9 Å². The molecule has 3 atom stereocenters. The number of carbonyl (C=O) groups is 1. The maximum Gasteiger partial charge on any atom is 0.309 e. The van der Waals surface area contributed by atoms with Crippen molar-refractivity contribution in [3.05, 3.63) is 53.3 Å². The number of rotatable bonds is 5. The number of alkyl halides is 1. The van der Waals surface area contributed by atoms with Crippen LogP contribution in [0.5, 0.6) is 0 Å². The average Bonchev–Trinajstić information content (AvgIpc) is 3.01. The van der Waals surface area contributed by atoms with Gasteiger partial charge in [0.25, 0.3) is 0 Å². The van der Waals surface area contributed by atoms with Gasteiger partial charge in [-0.15, -0.1) is 0 Å². The first-order valence-electron chi connectivity index (χ1n) is 8.50. The first-order valence-corrected chi connectivity index (χ1v) is 8.88. The quantitative estimate of drug-likeness (QED) is 0.735. The molecule has 2 aromatic rings. The number of methoxy groups -OCH3 is 1. The molecule has 0 heterocycles. The Hall–Kier alpha value is -2.14. The topological polar surface area (TPSA) is 38.3 Å². The van der Waals surface area contributed by atoms with Crippen molar-refractivity contribution in [1.29, 1.82) is 0 Å². The van der Waals surface area contributed by atoms with Crippen LogP contribution in [0.15, 0.2) is 42.5 Å². The van der Waals surface area contributed by atoms with E-state index in [-0.39, 0.29) is 18.8 Å². The Kier molecular flexibility index (Phi) is 5.77. The Morgan fingerprint density at radius 2 is 1.92 bits per heavy atom. The number of halogens is 3. The first-order chi connectivity index (χ1) is 12.5. The third-order valence-electron chi connectivity index (χ3n) is 4.86. The van der Waals surface area contributed by atoms with Crippen molar-refractivity contribution < 1.29 is 18.3 Å². The molecule has 0 aromatic heterocycles. The number of hydrogen-bond acceptors (Lipinski definition) is 3. The molecular formula is C20H20ClF2NO2. The van der Waals surface area contributed by atoms with Gasteiger partial charge in [-0.2, -0.15) is 0 Å². The van der Waals surface area contributed by atoms with Crippen LogP contribution in [0.1, 0.15) is 12.8 Å². The van der Waals surface area contributed by atoms with Crippen LogP contribution in [0.4, 0.5) is 14.5 Å². The molecule has 2 aromatic carbocycles. The van der Waals surface area contributed by atoms with Crippen molar-refractivity contribution in [2.24, 2.45) is 11.8 Å². The van der Waals surface area contributed by atoms with Gasteiger partial charge in [-0.1, -0.05) is 41.9 Å². The number of ether oxygens (including phenoxy) is 1. The number of esters is 1. The monoisotopic (exact) mass is 379 g/mol. The largest absolute Gasteiger partial charge is 0.469 e. The molecule has 1 saturated carbocycles. The van der Waals surface area contributed by atoms with Gasteiger partial charge in [-0.3, -0.25) is 4.79 Å². The van der Waals surface area contributed by atoms with E-state index in [4.69, 9.17) is 16.3 Å². The summed E-state index contributed by atoms with van der Waals surface area (Å²) in [6.45, 7) is 0.295. The molecule has 0 spiro atoms. The molecule has 1 unspecified atom stereocenters. The van der Waals surface area contributed by atoms with Gasteiger partial charge in [-0.25, -0.2) is 8.78 Å². The van der Waals surface area contributed by atoms with E-state index in [2.05, 4.69) is 5.32 Å². The van der Waals surface area contributed by atoms with Gasteiger partial charge in [0.2, 0.25) is 0 Å². The maximum absolute atomic E-state index is 14.9. The molecular weight excluding hydrogens is 360 g/mol. The van der Waals surface area contributed by atoms with E-state index >= 15 is 0 Å². The standard InChI is InChI=1S/C20H20ClF2NO2/c1-26-20(25)16-10-13(22)9-12(16)11-24-18-8-4-6-15(19(18)23)14-5-2-3-7-17(14)21/h2-8,12-13,16,24H,9-11H2,1H3/t12?,13-,16-/m1/s1. The van der Waals surface area contributed by atoms with E-state index in [1.807, 2.05) is 0 Å². The molecule has 0 saturated heterocycles. The molecule has 3 nitrogen and oxygen atoms in total. The van der Waals surface area contributed by atoms with Crippen molar-refractivity contribution in [2.75, 3.05) is 19.0 Å². The summed E-state index contributed by atoms with van der Waals surface area (Å²) in [6.07, 6.45) is -0.620. The van der Waals surface area contributed by atoms with Crippen LogP contribution in [0.3, 0.4) is 0 Å². The summed E-state index contributed by atoms with van der Waals surface area (Å²) in [7, 11) is 1.30. The number of hydrogen-bond donors (Lipinski definition) is 1. The molecule has 26 heavy (non-hydrogen) atoms. The molecule has 1 fully saturated rings. The summed E-state index contributed by atoms with van der Waals surface area (Å²) < 4.78 is 33.4. The van der Waals surface area contributed by atoms with E-state index in [0.29, 0.717) is 28.4 Å². The third-order valence-corrected chi connectivity index (χ3v) is 5.19. The highest BCUT2D eigenvalue weighted by Gasteiger charge is 2.39. The number of anilines is 1. The molecule has 138 valence electrons. The van der Waals surface area contributed by atoms with Gasteiger partial charge in [-0.05, 0) is 30.9 Å². The van der Waals surface area contributed by atoms with Crippen LogP contribution in [0, 0.1) is 17.7 Å². The Balaban J connectivity index is 1.78. The van der Waals surface area contributed by atoms with E-state index in [1.54, 1.807) is 42.5 Å². The zero-order chi connectivity index (χ0) is 18.7. The molecule has 6 heteroatoms. The third kappa shape index (κ3) is 3.83. The van der Waals surface area contributed by atoms with Crippen LogP contribution < -0.4 is 5.32 Å². The van der Waals surface area contributed by atoms with E-state index in [9.17, 15) is 13.6 Å². The minimum absolute atomic E-state index is 0.154. The average molecular weight is 380 g/mol. The molecule has 0 aliphatic heterocycles. The lowest BCUT2D eigenvalue weighted by Crippen LogP contribution is -2.26. The Morgan fingerprint density at radius 1 is 1.19 bits per heavy atom. The van der Waals surface area contributed by atoms with Crippen molar-refractivity contribution >= 4 is 23.3 Å². The lowest BCUT2D eigenvalue weighted by molar-refractivity contribution is -0.146. The second-order valence-corrected chi connectivity index (χ2v) is 6.89. The van der Waals surface area contributed by atoms with Gasteiger partial charge < -0.3 is 10.1 Å². The second-order valence-electron chi connectivity index (χ2n) is 6.49. The lowest BCUT2D eigenvalue weighted by atomic mass is 9.96. The summed E-state index contributed by atoms with van der Waals surface area (Å²) in [5.41, 5.74) is 1.29. The van der Waals surface area contributed by atoms with E-state index in [0.717, 1.165) is 0 Å². The van der Waals surface area contributed by atoms with E-state index in [1.165, 1.54) is 7.11 Å². The highest BCUT2D eigenvalue weighted by molar-refractivity contribution is 6.33. The normalized spacial score (nSPS) is 22.2. The zero-order valence-corrected chi connectivity index (χ0v) is 15.1. The molecule has 0 radical (unpaired) electrons. The van der Waals surface area contributed by atoms with Crippen LogP contribution in [-0.4, -0.2) is 25.8 Å². The molecule has 3 rings (SSSR count).